The Labute approximate surface area is 113 Å². The highest BCUT2D eigenvalue weighted by Crippen LogP contribution is 2.27. The van der Waals surface area contributed by atoms with Crippen molar-refractivity contribution in [3.05, 3.63) is 42.5 Å². The quantitative estimate of drug-likeness (QED) is 0.475. The Balaban J connectivity index is 0.000000312. The van der Waals surface area contributed by atoms with Crippen molar-refractivity contribution < 1.29 is 9.59 Å². The fourth-order valence-electron chi connectivity index (χ4n) is 1.74. The molecule has 0 aliphatic carbocycles. The minimum atomic E-state index is -0.467. The second kappa shape index (κ2) is 7.26. The van der Waals surface area contributed by atoms with E-state index in [4.69, 9.17) is 0 Å². The van der Waals surface area contributed by atoms with Crippen molar-refractivity contribution in [1.82, 2.24) is 0 Å². The molecule has 1 aromatic carbocycles. The topological polar surface area (TPSA) is 49.7 Å². The molecule has 0 fully saturated rings. The maximum atomic E-state index is 11.5. The van der Waals surface area contributed by atoms with Crippen molar-refractivity contribution >= 4 is 23.6 Å². The molecule has 0 radical (unpaired) electrons. The van der Waals surface area contributed by atoms with Crippen LogP contribution in [0.2, 0.25) is 0 Å². The molecule has 4 nitrogen and oxygen atoms in total. The van der Waals surface area contributed by atoms with Gasteiger partial charge < -0.3 is 9.89 Å². The van der Waals surface area contributed by atoms with Crippen LogP contribution in [0.15, 0.2) is 41.9 Å². The number of Topliss-reactive ketones (excluding diaryl/α,β-unsaturated/α-hetero) is 1. The SMILES string of the molecule is C=CCN1C(=O)C(=O)c2ccccc21.CCC=NC. The fraction of sp³-hybridized carbons (Fsp3) is 0.267. The van der Waals surface area contributed by atoms with E-state index in [0.29, 0.717) is 17.8 Å². The van der Waals surface area contributed by atoms with Crippen molar-refractivity contribution in [2.75, 3.05) is 18.5 Å². The molecular formula is C15H18N2O2. The Morgan fingerprint density at radius 3 is 2.53 bits per heavy atom. The summed E-state index contributed by atoms with van der Waals surface area (Å²) in [5, 5.41) is 0. The summed E-state index contributed by atoms with van der Waals surface area (Å²) in [6.45, 7) is 5.99. The van der Waals surface area contributed by atoms with Gasteiger partial charge in [0.15, 0.2) is 0 Å². The first-order chi connectivity index (χ1) is 9.17. The Bertz CT molecular complexity index is 507. The van der Waals surface area contributed by atoms with Crippen LogP contribution in [-0.4, -0.2) is 31.5 Å². The van der Waals surface area contributed by atoms with E-state index in [1.165, 1.54) is 4.90 Å². The van der Waals surface area contributed by atoms with Crippen molar-refractivity contribution in [3.63, 3.8) is 0 Å². The zero-order valence-corrected chi connectivity index (χ0v) is 11.3. The Kier molecular flexibility index (Phi) is 5.67. The molecule has 0 N–H and O–H groups in total. The highest BCUT2D eigenvalue weighted by Gasteiger charge is 2.34. The largest absolute Gasteiger partial charge is 0.301 e. The van der Waals surface area contributed by atoms with Crippen LogP contribution in [0.4, 0.5) is 5.69 Å². The van der Waals surface area contributed by atoms with Gasteiger partial charge in [-0.1, -0.05) is 25.1 Å². The van der Waals surface area contributed by atoms with Gasteiger partial charge in [-0.3, -0.25) is 9.59 Å². The number of nitrogens with zero attached hydrogens (tertiary/aromatic N) is 2. The molecule has 1 aliphatic heterocycles. The highest BCUT2D eigenvalue weighted by molar-refractivity contribution is 6.52. The molecule has 0 aromatic heterocycles. The average molecular weight is 258 g/mol. The zero-order valence-electron chi connectivity index (χ0n) is 11.3. The van der Waals surface area contributed by atoms with Crippen molar-refractivity contribution in [3.8, 4) is 0 Å². The minimum Gasteiger partial charge on any atom is -0.301 e. The lowest BCUT2D eigenvalue weighted by molar-refractivity contribution is -0.114. The van der Waals surface area contributed by atoms with Gasteiger partial charge in [-0.2, -0.15) is 0 Å². The number of hydrogen-bond acceptors (Lipinski definition) is 3. The van der Waals surface area contributed by atoms with Gasteiger partial charge in [0, 0.05) is 13.6 Å². The van der Waals surface area contributed by atoms with Gasteiger partial charge in [0.05, 0.1) is 11.3 Å². The summed E-state index contributed by atoms with van der Waals surface area (Å²) < 4.78 is 0. The fourth-order valence-corrected chi connectivity index (χ4v) is 1.74. The molecule has 0 unspecified atom stereocenters. The van der Waals surface area contributed by atoms with Crippen molar-refractivity contribution in [1.29, 1.82) is 0 Å². The third kappa shape index (κ3) is 3.37. The van der Waals surface area contributed by atoms with E-state index in [2.05, 4.69) is 18.5 Å². The van der Waals surface area contributed by atoms with Gasteiger partial charge in [-0.15, -0.1) is 6.58 Å². The summed E-state index contributed by atoms with van der Waals surface area (Å²) >= 11 is 0. The van der Waals surface area contributed by atoms with E-state index in [0.717, 1.165) is 6.42 Å². The van der Waals surface area contributed by atoms with E-state index in [-0.39, 0.29) is 0 Å². The monoisotopic (exact) mass is 258 g/mol. The van der Waals surface area contributed by atoms with E-state index >= 15 is 0 Å². The number of para-hydroxylation sites is 1. The molecule has 100 valence electrons. The average Bonchev–Trinajstić information content (AvgIpc) is 2.67. The van der Waals surface area contributed by atoms with Crippen molar-refractivity contribution in [2.45, 2.75) is 13.3 Å². The summed E-state index contributed by atoms with van der Waals surface area (Å²) in [7, 11) is 1.78. The molecule has 0 spiro atoms. The maximum Gasteiger partial charge on any atom is 0.299 e. The number of rotatable bonds is 3. The van der Waals surface area contributed by atoms with Crippen LogP contribution < -0.4 is 4.90 Å². The summed E-state index contributed by atoms with van der Waals surface area (Å²) in [5.41, 5.74) is 1.17. The van der Waals surface area contributed by atoms with Crippen LogP contribution in [-0.2, 0) is 4.79 Å². The van der Waals surface area contributed by atoms with Crippen LogP contribution in [0.3, 0.4) is 0 Å². The first-order valence-corrected chi connectivity index (χ1v) is 6.14. The van der Waals surface area contributed by atoms with Crippen LogP contribution in [0.1, 0.15) is 23.7 Å². The second-order valence-corrected chi connectivity index (χ2v) is 3.90. The maximum absolute atomic E-state index is 11.5. The lowest BCUT2D eigenvalue weighted by atomic mass is 10.1. The second-order valence-electron chi connectivity index (χ2n) is 3.90. The molecule has 1 aromatic rings. The van der Waals surface area contributed by atoms with Crippen LogP contribution in [0.25, 0.3) is 0 Å². The molecule has 1 amide bonds. The third-order valence-corrected chi connectivity index (χ3v) is 2.56. The molecule has 0 bridgehead atoms. The Morgan fingerprint density at radius 2 is 2.00 bits per heavy atom. The van der Waals surface area contributed by atoms with Gasteiger partial charge in [0.1, 0.15) is 0 Å². The van der Waals surface area contributed by atoms with Gasteiger partial charge in [-0.25, -0.2) is 0 Å². The summed E-state index contributed by atoms with van der Waals surface area (Å²) in [6.07, 6.45) is 4.53. The summed E-state index contributed by atoms with van der Waals surface area (Å²) in [4.78, 5) is 28.1. The highest BCUT2D eigenvalue weighted by atomic mass is 16.2. The van der Waals surface area contributed by atoms with E-state index < -0.39 is 11.7 Å². The first-order valence-electron chi connectivity index (χ1n) is 6.14. The predicted molar refractivity (Wildman–Crippen MR) is 78.0 cm³/mol. The van der Waals surface area contributed by atoms with Crippen LogP contribution in [0.5, 0.6) is 0 Å². The molecule has 19 heavy (non-hydrogen) atoms. The zero-order chi connectivity index (χ0) is 14.3. The lowest BCUT2D eigenvalue weighted by Gasteiger charge is -2.12. The number of carbonyl (C=O) groups is 2. The molecule has 0 saturated heterocycles. The Morgan fingerprint density at radius 1 is 1.32 bits per heavy atom. The lowest BCUT2D eigenvalue weighted by Crippen LogP contribution is -2.29. The number of aliphatic imine (C=N–C) groups is 1. The molecule has 1 aliphatic rings. The van der Waals surface area contributed by atoms with Crippen molar-refractivity contribution in [2.24, 2.45) is 4.99 Å². The summed E-state index contributed by atoms with van der Waals surface area (Å²) in [6, 6.07) is 6.99. The van der Waals surface area contributed by atoms with Crippen LogP contribution >= 0.6 is 0 Å². The molecule has 1 heterocycles. The smallest absolute Gasteiger partial charge is 0.299 e. The van der Waals surface area contributed by atoms with Gasteiger partial charge >= 0.3 is 0 Å². The molecule has 0 atom stereocenters. The van der Waals surface area contributed by atoms with Gasteiger partial charge in [-0.05, 0) is 24.8 Å². The molecule has 2 rings (SSSR count). The number of anilines is 1. The number of benzene rings is 1. The third-order valence-electron chi connectivity index (χ3n) is 2.56. The molecule has 4 heteroatoms. The standard InChI is InChI=1S/C11H9NO2.C4H9N/c1-2-7-12-9-6-4-3-5-8(9)10(13)11(12)14;1-3-4-5-2/h2-6H,1,7H2;4H,3H2,1-2H3. The van der Waals surface area contributed by atoms with Crippen LogP contribution in [0, 0.1) is 0 Å². The normalized spacial score (nSPS) is 13.3. The number of amides is 1. The number of fused-ring (bicyclic) bond motifs is 1. The summed E-state index contributed by atoms with van der Waals surface area (Å²) in [5.74, 6) is -0.895. The number of ketones is 1. The van der Waals surface area contributed by atoms with E-state index in [1.54, 1.807) is 37.4 Å². The van der Waals surface area contributed by atoms with E-state index in [9.17, 15) is 9.59 Å². The van der Waals surface area contributed by atoms with E-state index in [1.807, 2.05) is 6.21 Å². The Hall–Kier alpha value is -2.23. The minimum absolute atomic E-state index is 0.377. The number of carbonyl (C=O) groups excluding carboxylic acids is 2. The molecular weight excluding hydrogens is 240 g/mol. The van der Waals surface area contributed by atoms with Gasteiger partial charge in [0.2, 0.25) is 0 Å². The van der Waals surface area contributed by atoms with Gasteiger partial charge in [0.25, 0.3) is 11.7 Å². The number of hydrogen-bond donors (Lipinski definition) is 0. The predicted octanol–water partition coefficient (Wildman–Crippen LogP) is 2.50. The molecule has 0 saturated carbocycles. The first kappa shape index (κ1) is 14.8.